The Bertz CT molecular complexity index is 648. The van der Waals surface area contributed by atoms with Crippen LogP contribution in [-0.4, -0.2) is 58.9 Å². The average molecular weight is 373 g/mol. The first kappa shape index (κ1) is 19.7. The molecule has 3 rings (SSSR count). The molecule has 0 saturated carbocycles. The monoisotopic (exact) mass is 373 g/mol. The summed E-state index contributed by atoms with van der Waals surface area (Å²) in [5, 5.41) is 12.6. The lowest BCUT2D eigenvalue weighted by molar-refractivity contribution is -0.137. The van der Waals surface area contributed by atoms with Crippen LogP contribution in [0.1, 0.15) is 45.4 Å². The molecular formula is C21H31N3O3. The number of hydrogen-bond donors (Lipinski definition) is 2. The van der Waals surface area contributed by atoms with Gasteiger partial charge < -0.3 is 15.3 Å². The molecule has 2 N–H and O–H groups in total. The number of hydrogen-bond acceptors (Lipinski definition) is 4. The number of aromatic hydroxyl groups is 1. The van der Waals surface area contributed by atoms with E-state index in [1.807, 2.05) is 11.8 Å². The highest BCUT2D eigenvalue weighted by atomic mass is 16.3. The van der Waals surface area contributed by atoms with Crippen LogP contribution < -0.4 is 5.32 Å². The van der Waals surface area contributed by atoms with Crippen molar-refractivity contribution < 1.29 is 14.7 Å². The topological polar surface area (TPSA) is 72.9 Å². The number of phenols is 1. The number of para-hydroxylation sites is 2. The third-order valence-electron chi connectivity index (χ3n) is 5.89. The minimum Gasteiger partial charge on any atom is -0.506 e. The van der Waals surface area contributed by atoms with E-state index < -0.39 is 0 Å². The van der Waals surface area contributed by atoms with Crippen molar-refractivity contribution in [2.24, 2.45) is 5.92 Å². The minimum atomic E-state index is -0.120. The third-order valence-corrected chi connectivity index (χ3v) is 5.89. The second-order valence-corrected chi connectivity index (χ2v) is 7.73. The Balaban J connectivity index is 1.49. The Morgan fingerprint density at radius 3 is 2.30 bits per heavy atom. The maximum Gasteiger partial charge on any atom is 0.239 e. The molecule has 1 aromatic rings. The number of carbonyl (C=O) groups is 2. The maximum atomic E-state index is 12.8. The van der Waals surface area contributed by atoms with Crippen LogP contribution in [-0.2, 0) is 9.59 Å². The molecule has 0 aliphatic carbocycles. The normalized spacial score (nSPS) is 20.7. The molecule has 2 saturated heterocycles. The Hall–Kier alpha value is -2.08. The van der Waals surface area contributed by atoms with Crippen LogP contribution in [0.2, 0.25) is 0 Å². The van der Waals surface area contributed by atoms with E-state index in [-0.39, 0.29) is 29.5 Å². The summed E-state index contributed by atoms with van der Waals surface area (Å²) in [6, 6.07) is 6.66. The van der Waals surface area contributed by atoms with Crippen molar-refractivity contribution in [3.05, 3.63) is 24.3 Å². The summed E-state index contributed by atoms with van der Waals surface area (Å²) in [5.41, 5.74) is 0.453. The Kier molecular flexibility index (Phi) is 6.72. The standard InChI is InChI=1S/C21H31N3O3/c1-16(21(27)24-12-6-2-3-7-13-24)23-14-10-17(11-15-23)20(26)22-18-8-4-5-9-19(18)25/h4-5,8-9,16-17,25H,2-3,6-7,10-15H2,1H3,(H,22,26)/t16-/m1/s1. The zero-order valence-corrected chi connectivity index (χ0v) is 16.2. The second-order valence-electron chi connectivity index (χ2n) is 7.73. The number of anilines is 1. The smallest absolute Gasteiger partial charge is 0.239 e. The van der Waals surface area contributed by atoms with Gasteiger partial charge in [0.15, 0.2) is 0 Å². The molecular weight excluding hydrogens is 342 g/mol. The van der Waals surface area contributed by atoms with Crippen molar-refractivity contribution >= 4 is 17.5 Å². The summed E-state index contributed by atoms with van der Waals surface area (Å²) in [6.45, 7) is 5.25. The van der Waals surface area contributed by atoms with Crippen LogP contribution in [0.4, 0.5) is 5.69 Å². The van der Waals surface area contributed by atoms with Gasteiger partial charge in [-0.1, -0.05) is 25.0 Å². The SMILES string of the molecule is C[C@H](C(=O)N1CCCCCC1)N1CCC(C(=O)Nc2ccccc2O)CC1. The molecule has 148 valence electrons. The molecule has 0 unspecified atom stereocenters. The molecule has 6 heteroatoms. The van der Waals surface area contributed by atoms with Crippen LogP contribution >= 0.6 is 0 Å². The van der Waals surface area contributed by atoms with Crippen LogP contribution in [0.5, 0.6) is 5.75 Å². The van der Waals surface area contributed by atoms with Crippen molar-refractivity contribution in [3.63, 3.8) is 0 Å². The molecule has 2 heterocycles. The highest BCUT2D eigenvalue weighted by molar-refractivity contribution is 5.94. The molecule has 2 fully saturated rings. The molecule has 27 heavy (non-hydrogen) atoms. The largest absolute Gasteiger partial charge is 0.506 e. The highest BCUT2D eigenvalue weighted by Crippen LogP contribution is 2.25. The van der Waals surface area contributed by atoms with E-state index in [0.29, 0.717) is 5.69 Å². The van der Waals surface area contributed by atoms with Gasteiger partial charge in [-0.3, -0.25) is 14.5 Å². The number of nitrogens with one attached hydrogen (secondary N) is 1. The van der Waals surface area contributed by atoms with E-state index in [4.69, 9.17) is 0 Å². The third kappa shape index (κ3) is 5.01. The summed E-state index contributed by atoms with van der Waals surface area (Å²) in [4.78, 5) is 29.5. The van der Waals surface area contributed by atoms with Crippen molar-refractivity contribution in [3.8, 4) is 5.75 Å². The van der Waals surface area contributed by atoms with E-state index in [1.165, 1.54) is 12.8 Å². The lowest BCUT2D eigenvalue weighted by Gasteiger charge is -2.36. The first-order valence-corrected chi connectivity index (χ1v) is 10.2. The number of amides is 2. The number of nitrogens with zero attached hydrogens (tertiary/aromatic N) is 2. The molecule has 2 aliphatic rings. The molecule has 2 amide bonds. The molecule has 2 aliphatic heterocycles. The van der Waals surface area contributed by atoms with E-state index in [0.717, 1.165) is 51.9 Å². The fraction of sp³-hybridized carbons (Fsp3) is 0.619. The molecule has 0 bridgehead atoms. The molecule has 0 radical (unpaired) electrons. The fourth-order valence-electron chi connectivity index (χ4n) is 4.07. The summed E-state index contributed by atoms with van der Waals surface area (Å²) in [6.07, 6.45) is 6.11. The highest BCUT2D eigenvalue weighted by Gasteiger charge is 2.32. The van der Waals surface area contributed by atoms with Crippen molar-refractivity contribution in [2.45, 2.75) is 51.5 Å². The first-order chi connectivity index (χ1) is 13.1. The van der Waals surface area contributed by atoms with E-state index in [2.05, 4.69) is 10.2 Å². The number of likely N-dealkylation sites (tertiary alicyclic amines) is 2. The quantitative estimate of drug-likeness (QED) is 0.796. The molecule has 6 nitrogen and oxygen atoms in total. The van der Waals surface area contributed by atoms with Gasteiger partial charge in [0.05, 0.1) is 11.7 Å². The second kappa shape index (κ2) is 9.22. The summed E-state index contributed by atoms with van der Waals surface area (Å²) < 4.78 is 0. The predicted octanol–water partition coefficient (Wildman–Crippen LogP) is 2.83. The molecule has 0 spiro atoms. The number of benzene rings is 1. The Morgan fingerprint density at radius 1 is 1.04 bits per heavy atom. The lowest BCUT2D eigenvalue weighted by Crippen LogP contribution is -2.50. The van der Waals surface area contributed by atoms with E-state index in [1.54, 1.807) is 24.3 Å². The van der Waals surface area contributed by atoms with E-state index in [9.17, 15) is 14.7 Å². The maximum absolute atomic E-state index is 12.8. The summed E-state index contributed by atoms with van der Waals surface area (Å²) in [5.74, 6) is 0.179. The molecule has 1 atom stereocenters. The van der Waals surface area contributed by atoms with Crippen LogP contribution in [0.15, 0.2) is 24.3 Å². The van der Waals surface area contributed by atoms with Gasteiger partial charge in [0.1, 0.15) is 5.75 Å². The van der Waals surface area contributed by atoms with E-state index >= 15 is 0 Å². The fourth-order valence-corrected chi connectivity index (χ4v) is 4.07. The number of piperidine rings is 1. The van der Waals surface area contributed by atoms with Crippen LogP contribution in [0.25, 0.3) is 0 Å². The van der Waals surface area contributed by atoms with Gasteiger partial charge >= 0.3 is 0 Å². The van der Waals surface area contributed by atoms with Crippen molar-refractivity contribution in [1.82, 2.24) is 9.80 Å². The van der Waals surface area contributed by atoms with Crippen molar-refractivity contribution in [2.75, 3.05) is 31.5 Å². The van der Waals surface area contributed by atoms with Gasteiger partial charge in [0.25, 0.3) is 0 Å². The average Bonchev–Trinajstić information content (AvgIpc) is 2.98. The number of phenolic OH excluding ortho intramolecular Hbond substituents is 1. The van der Waals surface area contributed by atoms with Gasteiger partial charge in [-0.15, -0.1) is 0 Å². The molecule has 0 aromatic heterocycles. The van der Waals surface area contributed by atoms with Crippen LogP contribution in [0, 0.1) is 5.92 Å². The minimum absolute atomic E-state index is 0.0531. The number of rotatable bonds is 4. The van der Waals surface area contributed by atoms with Crippen molar-refractivity contribution in [1.29, 1.82) is 0 Å². The Morgan fingerprint density at radius 2 is 1.67 bits per heavy atom. The zero-order chi connectivity index (χ0) is 19.2. The van der Waals surface area contributed by atoms with Gasteiger partial charge in [0.2, 0.25) is 11.8 Å². The zero-order valence-electron chi connectivity index (χ0n) is 16.2. The van der Waals surface area contributed by atoms with Gasteiger partial charge in [0, 0.05) is 19.0 Å². The Labute approximate surface area is 161 Å². The predicted molar refractivity (Wildman–Crippen MR) is 106 cm³/mol. The lowest BCUT2D eigenvalue weighted by atomic mass is 9.94. The first-order valence-electron chi connectivity index (χ1n) is 10.2. The number of carbonyl (C=O) groups excluding carboxylic acids is 2. The van der Waals surface area contributed by atoms with Gasteiger partial charge in [-0.2, -0.15) is 0 Å². The van der Waals surface area contributed by atoms with Gasteiger partial charge in [-0.25, -0.2) is 0 Å². The summed E-state index contributed by atoms with van der Waals surface area (Å²) >= 11 is 0. The summed E-state index contributed by atoms with van der Waals surface area (Å²) in [7, 11) is 0. The van der Waals surface area contributed by atoms with Gasteiger partial charge in [-0.05, 0) is 57.8 Å². The van der Waals surface area contributed by atoms with Crippen LogP contribution in [0.3, 0.4) is 0 Å². The molecule has 1 aromatic carbocycles.